The van der Waals surface area contributed by atoms with Crippen LogP contribution in [0.3, 0.4) is 0 Å². The Bertz CT molecular complexity index is 1180. The van der Waals surface area contributed by atoms with Crippen molar-refractivity contribution in [2.75, 3.05) is 31.2 Å². The molecular formula is C25H31N5O3. The average molecular weight is 450 g/mol. The van der Waals surface area contributed by atoms with E-state index in [-0.39, 0.29) is 0 Å². The first-order chi connectivity index (χ1) is 16.0. The molecule has 0 aliphatic carbocycles. The van der Waals surface area contributed by atoms with E-state index < -0.39 is 5.79 Å². The van der Waals surface area contributed by atoms with Gasteiger partial charge in [-0.1, -0.05) is 25.9 Å². The monoisotopic (exact) mass is 449 g/mol. The maximum Gasteiger partial charge on any atom is 0.261 e. The van der Waals surface area contributed by atoms with Gasteiger partial charge < -0.3 is 18.9 Å². The smallest absolute Gasteiger partial charge is 0.261 e. The zero-order valence-corrected chi connectivity index (χ0v) is 20.1. The number of ether oxygens (including phenoxy) is 2. The summed E-state index contributed by atoms with van der Waals surface area (Å²) in [5.74, 6) is 1.32. The van der Waals surface area contributed by atoms with Gasteiger partial charge in [-0.2, -0.15) is 10.2 Å². The Morgan fingerprint density at radius 1 is 1.09 bits per heavy atom. The molecule has 0 amide bonds. The highest BCUT2D eigenvalue weighted by molar-refractivity contribution is 5.95. The molecule has 8 nitrogen and oxygen atoms in total. The van der Waals surface area contributed by atoms with Crippen molar-refractivity contribution in [2.24, 2.45) is 0 Å². The molecule has 8 heteroatoms. The van der Waals surface area contributed by atoms with Crippen LogP contribution >= 0.6 is 0 Å². The summed E-state index contributed by atoms with van der Waals surface area (Å²) in [6.07, 6.45) is 2.36. The van der Waals surface area contributed by atoms with Crippen LogP contribution < -0.4 is 4.90 Å². The Kier molecular flexibility index (Phi) is 6.63. The van der Waals surface area contributed by atoms with Crippen molar-refractivity contribution >= 4 is 16.7 Å². The van der Waals surface area contributed by atoms with Crippen molar-refractivity contribution in [3.8, 4) is 17.5 Å². The quantitative estimate of drug-likeness (QED) is 0.567. The number of pyridine rings is 1. The van der Waals surface area contributed by atoms with Gasteiger partial charge in [-0.15, -0.1) is 0 Å². The van der Waals surface area contributed by atoms with Gasteiger partial charge in [-0.05, 0) is 43.5 Å². The normalized spacial score (nSPS) is 17.2. The van der Waals surface area contributed by atoms with Crippen molar-refractivity contribution < 1.29 is 14.0 Å². The van der Waals surface area contributed by atoms with Gasteiger partial charge >= 0.3 is 0 Å². The lowest BCUT2D eigenvalue weighted by atomic mass is 9.96. The lowest BCUT2D eigenvalue weighted by Gasteiger charge is -2.38. The number of rotatable bonds is 3. The number of nitriles is 1. The van der Waals surface area contributed by atoms with Gasteiger partial charge in [-0.3, -0.25) is 0 Å². The van der Waals surface area contributed by atoms with Crippen molar-refractivity contribution in [1.29, 1.82) is 5.26 Å². The standard InChI is InChI=1S/C23H25N5O3.C2H6/c1-4-16-11-17(13-24)20-18(12-16)14(2)19(22-25-15(3)27-31-22)21(26-20)28-7-5-23(6-8-28)29-9-10-30-23;1-2/h11-12H,4-10H2,1-3H3;1-2H3. The maximum atomic E-state index is 9.80. The van der Waals surface area contributed by atoms with Gasteiger partial charge in [0.05, 0.1) is 29.9 Å². The molecule has 2 saturated heterocycles. The van der Waals surface area contributed by atoms with E-state index in [0.29, 0.717) is 36.0 Å². The van der Waals surface area contributed by atoms with Gasteiger partial charge in [0, 0.05) is 31.3 Å². The van der Waals surface area contributed by atoms with Crippen LogP contribution in [0.15, 0.2) is 16.7 Å². The minimum atomic E-state index is -0.475. The summed E-state index contributed by atoms with van der Waals surface area (Å²) in [6, 6.07) is 6.38. The van der Waals surface area contributed by atoms with E-state index in [0.717, 1.165) is 60.2 Å². The van der Waals surface area contributed by atoms with E-state index in [1.807, 2.05) is 26.8 Å². The summed E-state index contributed by atoms with van der Waals surface area (Å²) >= 11 is 0. The van der Waals surface area contributed by atoms with Crippen molar-refractivity contribution in [2.45, 2.75) is 59.7 Å². The van der Waals surface area contributed by atoms with E-state index in [1.165, 1.54) is 0 Å². The van der Waals surface area contributed by atoms with Crippen LogP contribution in [0.1, 0.15) is 56.1 Å². The number of aromatic nitrogens is 3. The highest BCUT2D eigenvalue weighted by atomic mass is 16.7. The average Bonchev–Trinajstić information content (AvgIpc) is 3.49. The Labute approximate surface area is 194 Å². The number of aryl methyl sites for hydroxylation is 3. The second-order valence-electron chi connectivity index (χ2n) is 8.18. The van der Waals surface area contributed by atoms with E-state index in [4.69, 9.17) is 19.0 Å². The highest BCUT2D eigenvalue weighted by Gasteiger charge is 2.41. The third kappa shape index (κ3) is 4.19. The molecule has 0 bridgehead atoms. The predicted octanol–water partition coefficient (Wildman–Crippen LogP) is 4.71. The fourth-order valence-electron chi connectivity index (χ4n) is 4.58. The van der Waals surface area contributed by atoms with Crippen molar-refractivity contribution in [3.63, 3.8) is 0 Å². The number of piperidine rings is 1. The van der Waals surface area contributed by atoms with Crippen molar-refractivity contribution in [3.05, 3.63) is 34.6 Å². The summed E-state index contributed by atoms with van der Waals surface area (Å²) < 4.78 is 17.3. The fourth-order valence-corrected chi connectivity index (χ4v) is 4.58. The van der Waals surface area contributed by atoms with Gasteiger partial charge in [0.15, 0.2) is 11.6 Å². The lowest BCUT2D eigenvalue weighted by Crippen LogP contribution is -2.45. The molecule has 0 atom stereocenters. The van der Waals surface area contributed by atoms with Gasteiger partial charge in [0.25, 0.3) is 5.89 Å². The lowest BCUT2D eigenvalue weighted by molar-refractivity contribution is -0.169. The molecule has 0 radical (unpaired) electrons. The van der Waals surface area contributed by atoms with E-state index in [2.05, 4.69) is 34.1 Å². The first kappa shape index (κ1) is 23.1. The van der Waals surface area contributed by atoms with Crippen LogP contribution in [0.5, 0.6) is 0 Å². The molecule has 0 N–H and O–H groups in total. The molecule has 5 rings (SSSR count). The maximum absolute atomic E-state index is 9.80. The molecule has 174 valence electrons. The minimum absolute atomic E-state index is 0.452. The zero-order valence-electron chi connectivity index (χ0n) is 20.1. The number of hydrogen-bond donors (Lipinski definition) is 0. The van der Waals surface area contributed by atoms with Crippen LogP contribution in [0.4, 0.5) is 5.82 Å². The summed E-state index contributed by atoms with van der Waals surface area (Å²) in [5.41, 5.74) is 4.21. The Hall–Kier alpha value is -3.02. The topological polar surface area (TPSA) is 97.3 Å². The third-order valence-corrected chi connectivity index (χ3v) is 6.30. The van der Waals surface area contributed by atoms with Gasteiger partial charge in [0.2, 0.25) is 0 Å². The van der Waals surface area contributed by atoms with Gasteiger partial charge in [0.1, 0.15) is 11.9 Å². The van der Waals surface area contributed by atoms with Crippen molar-refractivity contribution in [1.82, 2.24) is 15.1 Å². The van der Waals surface area contributed by atoms with Crippen LogP contribution in [-0.4, -0.2) is 47.2 Å². The predicted molar refractivity (Wildman–Crippen MR) is 126 cm³/mol. The molecule has 0 unspecified atom stereocenters. The largest absolute Gasteiger partial charge is 0.356 e. The summed E-state index contributed by atoms with van der Waals surface area (Å²) in [7, 11) is 0. The number of hydrogen-bond acceptors (Lipinski definition) is 8. The fraction of sp³-hybridized carbons (Fsp3) is 0.520. The Balaban J connectivity index is 0.00000126. The zero-order chi connectivity index (χ0) is 23.6. The van der Waals surface area contributed by atoms with Crippen LogP contribution in [-0.2, 0) is 15.9 Å². The van der Waals surface area contributed by atoms with Crippen LogP contribution in [0.2, 0.25) is 0 Å². The van der Waals surface area contributed by atoms with Gasteiger partial charge in [-0.25, -0.2) is 4.98 Å². The third-order valence-electron chi connectivity index (χ3n) is 6.30. The highest BCUT2D eigenvalue weighted by Crippen LogP contribution is 2.40. The SMILES string of the molecule is CC.CCc1cc(C#N)c2nc(N3CCC4(CC3)OCCO4)c(-c3nc(C)no3)c(C)c2c1. The molecule has 1 aromatic carbocycles. The first-order valence-electron chi connectivity index (χ1n) is 11.7. The Morgan fingerprint density at radius 2 is 1.79 bits per heavy atom. The van der Waals surface area contributed by atoms with Crippen LogP contribution in [0.25, 0.3) is 22.4 Å². The Morgan fingerprint density at radius 3 is 2.36 bits per heavy atom. The molecule has 2 aromatic heterocycles. The molecule has 3 aromatic rings. The number of anilines is 1. The number of fused-ring (bicyclic) bond motifs is 1. The molecule has 2 fully saturated rings. The second kappa shape index (κ2) is 9.46. The molecular weight excluding hydrogens is 418 g/mol. The molecule has 1 spiro atoms. The first-order valence-corrected chi connectivity index (χ1v) is 11.7. The summed E-state index contributed by atoms with van der Waals surface area (Å²) in [4.78, 5) is 11.7. The summed E-state index contributed by atoms with van der Waals surface area (Å²) in [5, 5.41) is 14.7. The molecule has 33 heavy (non-hydrogen) atoms. The summed E-state index contributed by atoms with van der Waals surface area (Å²) in [6.45, 7) is 12.7. The van der Waals surface area contributed by atoms with Crippen LogP contribution in [0, 0.1) is 25.2 Å². The van der Waals surface area contributed by atoms with E-state index in [9.17, 15) is 5.26 Å². The van der Waals surface area contributed by atoms with E-state index >= 15 is 0 Å². The molecule has 4 heterocycles. The molecule has 0 saturated carbocycles. The van der Waals surface area contributed by atoms with E-state index in [1.54, 1.807) is 6.92 Å². The number of benzene rings is 1. The minimum Gasteiger partial charge on any atom is -0.356 e. The second-order valence-corrected chi connectivity index (χ2v) is 8.18. The number of nitrogens with zero attached hydrogens (tertiary/aromatic N) is 5. The molecule has 2 aliphatic heterocycles. The molecule has 2 aliphatic rings.